The number of amides is 3. The van der Waals surface area contributed by atoms with E-state index in [1.165, 1.54) is 6.08 Å². The number of methoxy groups -OCH3 is 1. The summed E-state index contributed by atoms with van der Waals surface area (Å²) in [5.74, 6) is -1.46. The number of nitrogens with zero attached hydrogens (tertiary/aromatic N) is 1. The Balaban J connectivity index is 2.33. The molecule has 2 rings (SSSR count). The minimum absolute atomic E-state index is 0.0470. The molecule has 1 heterocycles. The summed E-state index contributed by atoms with van der Waals surface area (Å²) in [5.41, 5.74) is 0.277. The number of nitrogens with one attached hydrogen (secondary N) is 1. The molecule has 0 radical (unpaired) electrons. The molecule has 2 N–H and O–H groups in total. The number of phenols is 1. The highest BCUT2D eigenvalue weighted by Crippen LogP contribution is 2.33. The van der Waals surface area contributed by atoms with Gasteiger partial charge in [-0.1, -0.05) is 15.9 Å². The summed E-state index contributed by atoms with van der Waals surface area (Å²) < 4.78 is 5.53. The van der Waals surface area contributed by atoms with Crippen molar-refractivity contribution in [1.82, 2.24) is 10.2 Å². The Bertz CT molecular complexity index is 702. The highest BCUT2D eigenvalue weighted by atomic mass is 79.9. The number of imide groups is 1. The van der Waals surface area contributed by atoms with Gasteiger partial charge in [0.15, 0.2) is 0 Å². The lowest BCUT2D eigenvalue weighted by atomic mass is 10.1. The monoisotopic (exact) mass is 432 g/mol. The van der Waals surface area contributed by atoms with Crippen LogP contribution in [0.15, 0.2) is 26.8 Å². The van der Waals surface area contributed by atoms with E-state index in [0.717, 1.165) is 12.0 Å². The Morgan fingerprint density at radius 3 is 2.73 bits per heavy atom. The van der Waals surface area contributed by atoms with Crippen molar-refractivity contribution in [3.63, 3.8) is 0 Å². The molecule has 116 valence electrons. The second-order valence-corrected chi connectivity index (χ2v) is 6.05. The van der Waals surface area contributed by atoms with Crippen LogP contribution in [0.2, 0.25) is 0 Å². The number of carbonyl (C=O) groups excluding carboxylic acids is 3. The van der Waals surface area contributed by atoms with E-state index in [0.29, 0.717) is 14.5 Å². The van der Waals surface area contributed by atoms with Crippen molar-refractivity contribution in [3.8, 4) is 5.75 Å². The first kappa shape index (κ1) is 16.5. The van der Waals surface area contributed by atoms with Gasteiger partial charge in [-0.2, -0.15) is 0 Å². The Labute approximate surface area is 142 Å². The molecule has 7 nitrogen and oxygen atoms in total. The maximum Gasteiger partial charge on any atom is 0.329 e. The normalized spacial score (nSPS) is 16.1. The maximum atomic E-state index is 12.1. The van der Waals surface area contributed by atoms with Gasteiger partial charge in [-0.05, 0) is 34.1 Å². The third-order valence-electron chi connectivity index (χ3n) is 2.83. The van der Waals surface area contributed by atoms with E-state index < -0.39 is 24.5 Å². The van der Waals surface area contributed by atoms with E-state index in [4.69, 9.17) is 0 Å². The first-order chi connectivity index (χ1) is 10.3. The zero-order valence-corrected chi connectivity index (χ0v) is 14.4. The predicted octanol–water partition coefficient (Wildman–Crippen LogP) is 1.98. The van der Waals surface area contributed by atoms with Gasteiger partial charge in [0, 0.05) is 10.0 Å². The van der Waals surface area contributed by atoms with Crippen LogP contribution in [0.25, 0.3) is 6.08 Å². The number of urea groups is 1. The van der Waals surface area contributed by atoms with Crippen LogP contribution in [-0.2, 0) is 14.3 Å². The molecule has 1 aromatic rings. The lowest BCUT2D eigenvalue weighted by Gasteiger charge is -2.09. The van der Waals surface area contributed by atoms with Crippen LogP contribution < -0.4 is 5.32 Å². The van der Waals surface area contributed by atoms with Crippen molar-refractivity contribution >= 4 is 55.8 Å². The minimum atomic E-state index is -0.727. The fourth-order valence-electron chi connectivity index (χ4n) is 1.76. The van der Waals surface area contributed by atoms with Gasteiger partial charge in [0.2, 0.25) is 0 Å². The van der Waals surface area contributed by atoms with Crippen LogP contribution in [0.4, 0.5) is 4.79 Å². The van der Waals surface area contributed by atoms with Crippen LogP contribution in [0.1, 0.15) is 5.56 Å². The Morgan fingerprint density at radius 2 is 2.09 bits per heavy atom. The SMILES string of the molecule is COC(=O)CN1C(=O)N/C(=C/c2cc(Br)cc(Br)c2O)C1=O. The Hall–Kier alpha value is -1.87. The van der Waals surface area contributed by atoms with Crippen LogP contribution in [0, 0.1) is 0 Å². The summed E-state index contributed by atoms with van der Waals surface area (Å²) in [5, 5.41) is 12.3. The molecule has 22 heavy (non-hydrogen) atoms. The molecule has 1 aromatic carbocycles. The first-order valence-corrected chi connectivity index (χ1v) is 7.51. The van der Waals surface area contributed by atoms with Crippen molar-refractivity contribution < 1.29 is 24.2 Å². The fraction of sp³-hybridized carbons (Fsp3) is 0.154. The molecule has 0 atom stereocenters. The molecule has 0 spiro atoms. The molecule has 3 amide bonds. The quantitative estimate of drug-likeness (QED) is 0.431. The second-order valence-electron chi connectivity index (χ2n) is 4.28. The number of hydrogen-bond acceptors (Lipinski definition) is 5. The molecule has 9 heteroatoms. The molecule has 0 aliphatic carbocycles. The summed E-state index contributed by atoms with van der Waals surface area (Å²) in [6, 6.07) is 2.49. The molecule has 1 aliphatic heterocycles. The smallest absolute Gasteiger partial charge is 0.329 e. The van der Waals surface area contributed by atoms with Gasteiger partial charge in [-0.25, -0.2) is 9.69 Å². The molecular formula is C13H10Br2N2O5. The van der Waals surface area contributed by atoms with Crippen LogP contribution in [0.5, 0.6) is 5.75 Å². The number of carbonyl (C=O) groups is 3. The molecular weight excluding hydrogens is 424 g/mol. The summed E-state index contributed by atoms with van der Waals surface area (Å²) in [4.78, 5) is 35.8. The van der Waals surface area contributed by atoms with Crippen LogP contribution in [-0.4, -0.2) is 41.6 Å². The van der Waals surface area contributed by atoms with Gasteiger partial charge in [0.05, 0.1) is 11.6 Å². The third-order valence-corrected chi connectivity index (χ3v) is 3.90. The first-order valence-electron chi connectivity index (χ1n) is 5.93. The fourth-order valence-corrected chi connectivity index (χ4v) is 3.02. The van der Waals surface area contributed by atoms with Gasteiger partial charge in [0.25, 0.3) is 5.91 Å². The number of benzene rings is 1. The number of ether oxygens (including phenoxy) is 1. The lowest BCUT2D eigenvalue weighted by Crippen LogP contribution is -2.36. The van der Waals surface area contributed by atoms with Gasteiger partial charge in [-0.3, -0.25) is 9.59 Å². The van der Waals surface area contributed by atoms with Crippen molar-refractivity contribution in [2.75, 3.05) is 13.7 Å². The number of phenolic OH excluding ortho intramolecular Hbond substituents is 1. The molecule has 1 saturated heterocycles. The van der Waals surface area contributed by atoms with E-state index in [1.54, 1.807) is 12.1 Å². The van der Waals surface area contributed by atoms with E-state index in [-0.39, 0.29) is 11.4 Å². The molecule has 1 fully saturated rings. The van der Waals surface area contributed by atoms with Gasteiger partial charge >= 0.3 is 12.0 Å². The lowest BCUT2D eigenvalue weighted by molar-refractivity contribution is -0.143. The molecule has 0 unspecified atom stereocenters. The van der Waals surface area contributed by atoms with Gasteiger partial charge < -0.3 is 15.2 Å². The molecule has 0 saturated carbocycles. The van der Waals surface area contributed by atoms with Crippen molar-refractivity contribution in [2.24, 2.45) is 0 Å². The van der Waals surface area contributed by atoms with Crippen LogP contribution in [0.3, 0.4) is 0 Å². The number of halogens is 2. The third kappa shape index (κ3) is 3.30. The average Bonchev–Trinajstić information content (AvgIpc) is 2.71. The standard InChI is InChI=1S/C13H10Br2N2O5/c1-22-10(18)5-17-12(20)9(16-13(17)21)3-6-2-7(14)4-8(15)11(6)19/h2-4,19H,5H2,1H3,(H,16,21)/b9-3+. The van der Waals surface area contributed by atoms with E-state index in [9.17, 15) is 19.5 Å². The summed E-state index contributed by atoms with van der Waals surface area (Å²) in [6.45, 7) is -0.479. The van der Waals surface area contributed by atoms with Crippen LogP contribution >= 0.6 is 31.9 Å². The van der Waals surface area contributed by atoms with E-state index in [1.807, 2.05) is 0 Å². The molecule has 1 aliphatic rings. The zero-order chi connectivity index (χ0) is 16.4. The average molecular weight is 434 g/mol. The number of aromatic hydroxyl groups is 1. The van der Waals surface area contributed by atoms with E-state index >= 15 is 0 Å². The van der Waals surface area contributed by atoms with Gasteiger partial charge in [-0.15, -0.1) is 0 Å². The highest BCUT2D eigenvalue weighted by Gasteiger charge is 2.35. The highest BCUT2D eigenvalue weighted by molar-refractivity contribution is 9.11. The summed E-state index contributed by atoms with van der Waals surface area (Å²) >= 11 is 6.44. The van der Waals surface area contributed by atoms with Gasteiger partial charge in [0.1, 0.15) is 18.0 Å². The number of hydrogen-bond donors (Lipinski definition) is 2. The van der Waals surface area contributed by atoms with Crippen molar-refractivity contribution in [1.29, 1.82) is 0 Å². The topological polar surface area (TPSA) is 95.9 Å². The maximum absolute atomic E-state index is 12.1. The molecule has 0 aromatic heterocycles. The van der Waals surface area contributed by atoms with Crippen molar-refractivity contribution in [3.05, 3.63) is 32.3 Å². The molecule has 0 bridgehead atoms. The Morgan fingerprint density at radius 1 is 1.41 bits per heavy atom. The predicted molar refractivity (Wildman–Crippen MR) is 83.7 cm³/mol. The Kier molecular flexibility index (Phi) is 4.87. The minimum Gasteiger partial charge on any atom is -0.506 e. The van der Waals surface area contributed by atoms with E-state index in [2.05, 4.69) is 41.9 Å². The number of esters is 1. The largest absolute Gasteiger partial charge is 0.506 e. The zero-order valence-electron chi connectivity index (χ0n) is 11.2. The number of rotatable bonds is 3. The second kappa shape index (κ2) is 6.49. The summed E-state index contributed by atoms with van der Waals surface area (Å²) in [7, 11) is 1.16. The summed E-state index contributed by atoms with van der Waals surface area (Å²) in [6.07, 6.45) is 1.32. The van der Waals surface area contributed by atoms with Crippen molar-refractivity contribution in [2.45, 2.75) is 0 Å².